The topological polar surface area (TPSA) is 67.4 Å². The number of rotatable bonds is 5. The molecule has 5 nitrogen and oxygen atoms in total. The summed E-state index contributed by atoms with van der Waals surface area (Å²) in [7, 11) is -1.83. The Morgan fingerprint density at radius 1 is 1.47 bits per heavy atom. The standard InChI is InChI=1S/C13H20N2O3S/c1-10-5-6-13(18-2)12(8-10)15-19(16,17)9-11-4-3-7-14-11/h5-6,8,11,14-15H,3-4,7,9H2,1-2H3. The number of sulfonamides is 1. The molecule has 0 amide bonds. The van der Waals surface area contributed by atoms with Crippen LogP contribution < -0.4 is 14.8 Å². The van der Waals surface area contributed by atoms with Crippen LogP contribution in [0.25, 0.3) is 0 Å². The van der Waals surface area contributed by atoms with Gasteiger partial charge >= 0.3 is 0 Å². The number of benzene rings is 1. The van der Waals surface area contributed by atoms with E-state index in [1.807, 2.05) is 13.0 Å². The lowest BCUT2D eigenvalue weighted by atomic mass is 10.2. The van der Waals surface area contributed by atoms with Crippen molar-refractivity contribution in [3.8, 4) is 5.75 Å². The molecule has 1 unspecified atom stereocenters. The van der Waals surface area contributed by atoms with Gasteiger partial charge in [0.25, 0.3) is 0 Å². The third-order valence-corrected chi connectivity index (χ3v) is 4.58. The van der Waals surface area contributed by atoms with Crippen molar-refractivity contribution in [3.05, 3.63) is 23.8 Å². The van der Waals surface area contributed by atoms with E-state index in [1.165, 1.54) is 7.11 Å². The Morgan fingerprint density at radius 3 is 2.89 bits per heavy atom. The Hall–Kier alpha value is -1.27. The van der Waals surface area contributed by atoms with E-state index in [0.29, 0.717) is 11.4 Å². The Morgan fingerprint density at radius 2 is 2.26 bits per heavy atom. The molecule has 2 rings (SSSR count). The molecule has 1 aliphatic rings. The molecule has 1 fully saturated rings. The van der Waals surface area contributed by atoms with Crippen LogP contribution >= 0.6 is 0 Å². The number of anilines is 1. The van der Waals surface area contributed by atoms with Crippen molar-refractivity contribution in [2.24, 2.45) is 0 Å². The van der Waals surface area contributed by atoms with Gasteiger partial charge in [-0.25, -0.2) is 8.42 Å². The highest BCUT2D eigenvalue weighted by atomic mass is 32.2. The van der Waals surface area contributed by atoms with E-state index in [-0.39, 0.29) is 11.8 Å². The van der Waals surface area contributed by atoms with Crippen LogP contribution in [0, 0.1) is 6.92 Å². The van der Waals surface area contributed by atoms with E-state index in [0.717, 1.165) is 24.9 Å². The molecule has 0 saturated carbocycles. The van der Waals surface area contributed by atoms with E-state index in [9.17, 15) is 8.42 Å². The van der Waals surface area contributed by atoms with Crippen molar-refractivity contribution < 1.29 is 13.2 Å². The zero-order valence-corrected chi connectivity index (χ0v) is 12.1. The molecule has 1 aromatic rings. The molecule has 0 aliphatic carbocycles. The summed E-state index contributed by atoms with van der Waals surface area (Å²) in [5.41, 5.74) is 1.48. The fraction of sp³-hybridized carbons (Fsp3) is 0.538. The largest absolute Gasteiger partial charge is 0.495 e. The maximum absolute atomic E-state index is 12.1. The highest BCUT2D eigenvalue weighted by Crippen LogP contribution is 2.26. The number of hydrogen-bond acceptors (Lipinski definition) is 4. The van der Waals surface area contributed by atoms with Gasteiger partial charge in [0, 0.05) is 6.04 Å². The van der Waals surface area contributed by atoms with Gasteiger partial charge in [-0.15, -0.1) is 0 Å². The molecule has 0 aromatic heterocycles. The smallest absolute Gasteiger partial charge is 0.234 e. The average Bonchev–Trinajstić information content (AvgIpc) is 2.80. The van der Waals surface area contributed by atoms with E-state index < -0.39 is 10.0 Å². The molecule has 106 valence electrons. The zero-order valence-electron chi connectivity index (χ0n) is 11.3. The first-order valence-electron chi connectivity index (χ1n) is 6.39. The van der Waals surface area contributed by atoms with Crippen molar-refractivity contribution in [3.63, 3.8) is 0 Å². The summed E-state index contributed by atoms with van der Waals surface area (Å²) in [5, 5.41) is 3.19. The normalized spacial score (nSPS) is 19.4. The molecule has 0 spiro atoms. The molecular weight excluding hydrogens is 264 g/mol. The average molecular weight is 284 g/mol. The van der Waals surface area contributed by atoms with E-state index >= 15 is 0 Å². The van der Waals surface area contributed by atoms with Crippen LogP contribution in [0.15, 0.2) is 18.2 Å². The van der Waals surface area contributed by atoms with Crippen molar-refractivity contribution in [1.29, 1.82) is 0 Å². The Labute approximate surface area is 114 Å². The van der Waals surface area contributed by atoms with Gasteiger partial charge in [-0.05, 0) is 44.0 Å². The van der Waals surface area contributed by atoms with Crippen LogP contribution in [0.1, 0.15) is 18.4 Å². The molecule has 6 heteroatoms. The van der Waals surface area contributed by atoms with E-state index in [4.69, 9.17) is 4.74 Å². The molecule has 2 N–H and O–H groups in total. The fourth-order valence-corrected chi connectivity index (χ4v) is 3.67. The number of methoxy groups -OCH3 is 1. The summed E-state index contributed by atoms with van der Waals surface area (Å²) in [6, 6.07) is 5.47. The van der Waals surface area contributed by atoms with Crippen molar-refractivity contribution >= 4 is 15.7 Å². The zero-order chi connectivity index (χ0) is 13.9. The molecule has 1 aromatic carbocycles. The monoisotopic (exact) mass is 284 g/mol. The second-order valence-electron chi connectivity index (χ2n) is 4.88. The lowest BCUT2D eigenvalue weighted by molar-refractivity contribution is 0.417. The van der Waals surface area contributed by atoms with Gasteiger partial charge in [0.05, 0.1) is 18.6 Å². The van der Waals surface area contributed by atoms with Crippen molar-refractivity contribution in [1.82, 2.24) is 5.32 Å². The van der Waals surface area contributed by atoms with E-state index in [1.54, 1.807) is 12.1 Å². The van der Waals surface area contributed by atoms with Gasteiger partial charge in [0.2, 0.25) is 10.0 Å². The minimum absolute atomic E-state index is 0.0494. The maximum atomic E-state index is 12.1. The molecule has 0 bridgehead atoms. The second kappa shape index (κ2) is 5.79. The number of nitrogens with one attached hydrogen (secondary N) is 2. The molecule has 0 radical (unpaired) electrons. The van der Waals surface area contributed by atoms with E-state index in [2.05, 4.69) is 10.0 Å². The molecule has 1 saturated heterocycles. The first kappa shape index (κ1) is 14.1. The predicted octanol–water partition coefficient (Wildman–Crippen LogP) is 1.50. The lowest BCUT2D eigenvalue weighted by Crippen LogP contribution is -2.32. The van der Waals surface area contributed by atoms with Crippen molar-refractivity contribution in [2.75, 3.05) is 24.1 Å². The third kappa shape index (κ3) is 3.84. The molecule has 19 heavy (non-hydrogen) atoms. The van der Waals surface area contributed by atoms with Crippen LogP contribution in [0.2, 0.25) is 0 Å². The lowest BCUT2D eigenvalue weighted by Gasteiger charge is -2.15. The highest BCUT2D eigenvalue weighted by Gasteiger charge is 2.22. The summed E-state index contributed by atoms with van der Waals surface area (Å²) in [6.45, 7) is 2.81. The SMILES string of the molecule is COc1ccc(C)cc1NS(=O)(=O)CC1CCCN1. The van der Waals surface area contributed by atoms with Gasteiger partial charge in [-0.2, -0.15) is 0 Å². The van der Waals surface area contributed by atoms with Gasteiger partial charge in [0.15, 0.2) is 0 Å². The molecule has 1 heterocycles. The summed E-state index contributed by atoms with van der Waals surface area (Å²) >= 11 is 0. The molecular formula is C13H20N2O3S. The van der Waals surface area contributed by atoms with Crippen molar-refractivity contribution in [2.45, 2.75) is 25.8 Å². The first-order valence-corrected chi connectivity index (χ1v) is 8.04. The quantitative estimate of drug-likeness (QED) is 0.860. The van der Waals surface area contributed by atoms with Gasteiger partial charge in [-0.3, -0.25) is 4.72 Å². The minimum Gasteiger partial charge on any atom is -0.495 e. The fourth-order valence-electron chi connectivity index (χ4n) is 2.27. The van der Waals surface area contributed by atoms with Crippen LogP contribution in [-0.2, 0) is 10.0 Å². The van der Waals surface area contributed by atoms with Crippen LogP contribution in [0.3, 0.4) is 0 Å². The summed E-state index contributed by atoms with van der Waals surface area (Å²) < 4.78 is 32.0. The van der Waals surface area contributed by atoms with Gasteiger partial charge in [0.1, 0.15) is 5.75 Å². The van der Waals surface area contributed by atoms with Crippen LogP contribution in [-0.4, -0.2) is 33.9 Å². The Balaban J connectivity index is 2.12. The van der Waals surface area contributed by atoms with Crippen LogP contribution in [0.5, 0.6) is 5.75 Å². The molecule has 1 aliphatic heterocycles. The summed E-state index contributed by atoms with van der Waals surface area (Å²) in [4.78, 5) is 0. The molecule has 1 atom stereocenters. The first-order chi connectivity index (χ1) is 9.00. The van der Waals surface area contributed by atoms with Gasteiger partial charge in [-0.1, -0.05) is 6.07 Å². The number of hydrogen-bond donors (Lipinski definition) is 2. The number of aryl methyl sites for hydroxylation is 1. The number of ether oxygens (including phenoxy) is 1. The Bertz CT molecular complexity index is 537. The summed E-state index contributed by atoms with van der Waals surface area (Å²) in [5.74, 6) is 0.637. The van der Waals surface area contributed by atoms with Gasteiger partial charge < -0.3 is 10.1 Å². The highest BCUT2D eigenvalue weighted by molar-refractivity contribution is 7.92. The second-order valence-corrected chi connectivity index (χ2v) is 6.65. The minimum atomic E-state index is -3.36. The summed E-state index contributed by atoms with van der Waals surface area (Å²) in [6.07, 6.45) is 1.94. The maximum Gasteiger partial charge on any atom is 0.234 e. The predicted molar refractivity (Wildman–Crippen MR) is 76.2 cm³/mol. The van der Waals surface area contributed by atoms with Crippen LogP contribution in [0.4, 0.5) is 5.69 Å². The Kier molecular flexibility index (Phi) is 4.31. The third-order valence-electron chi connectivity index (χ3n) is 3.20.